The van der Waals surface area contributed by atoms with Gasteiger partial charge in [0.1, 0.15) is 5.75 Å². The summed E-state index contributed by atoms with van der Waals surface area (Å²) in [4.78, 5) is 39.4. The molecule has 0 radical (unpaired) electrons. The molecule has 1 heterocycles. The molecule has 4 rings (SSSR count). The molecule has 6 nitrogen and oxygen atoms in total. The summed E-state index contributed by atoms with van der Waals surface area (Å²) in [6.07, 6.45) is 0. The number of carbonyl (C=O) groups is 3. The summed E-state index contributed by atoms with van der Waals surface area (Å²) in [6, 6.07) is 16.3. The second-order valence-electron chi connectivity index (χ2n) is 6.97. The Morgan fingerprint density at radius 2 is 1.55 bits per heavy atom. The second-order valence-corrected chi connectivity index (χ2v) is 6.97. The minimum atomic E-state index is -0.455. The molecule has 0 fully saturated rings. The first-order chi connectivity index (χ1) is 13.9. The lowest BCUT2D eigenvalue weighted by Gasteiger charge is -2.18. The van der Waals surface area contributed by atoms with Crippen LogP contribution in [0.4, 0.5) is 11.4 Å². The van der Waals surface area contributed by atoms with Gasteiger partial charge in [0, 0.05) is 5.56 Å². The number of nitrogens with zero attached hydrogens (tertiary/aromatic N) is 1. The molecule has 0 saturated carbocycles. The van der Waals surface area contributed by atoms with Crippen molar-refractivity contribution in [3.8, 4) is 5.75 Å². The third kappa shape index (κ3) is 3.14. The number of phenolic OH excluding ortho intramolecular Hbond substituents is 1. The molecule has 0 saturated heterocycles. The highest BCUT2D eigenvalue weighted by Gasteiger charge is 2.37. The number of phenols is 1. The van der Waals surface area contributed by atoms with Gasteiger partial charge in [0.25, 0.3) is 17.7 Å². The van der Waals surface area contributed by atoms with Crippen LogP contribution in [0.5, 0.6) is 5.75 Å². The van der Waals surface area contributed by atoms with E-state index in [9.17, 15) is 19.5 Å². The molecule has 3 aromatic carbocycles. The molecule has 3 amide bonds. The van der Waals surface area contributed by atoms with Gasteiger partial charge in [0.15, 0.2) is 0 Å². The molecule has 144 valence electrons. The quantitative estimate of drug-likeness (QED) is 0.525. The number of hydrogen-bond acceptors (Lipinski definition) is 4. The van der Waals surface area contributed by atoms with Crippen molar-refractivity contribution in [2.24, 2.45) is 0 Å². The van der Waals surface area contributed by atoms with Gasteiger partial charge in [0.05, 0.1) is 22.5 Å². The van der Waals surface area contributed by atoms with Crippen LogP contribution in [0.3, 0.4) is 0 Å². The van der Waals surface area contributed by atoms with E-state index in [1.54, 1.807) is 55.5 Å². The fourth-order valence-electron chi connectivity index (χ4n) is 3.34. The summed E-state index contributed by atoms with van der Waals surface area (Å²) in [5.41, 5.74) is 3.18. The van der Waals surface area contributed by atoms with Crippen molar-refractivity contribution in [3.63, 3.8) is 0 Å². The van der Waals surface area contributed by atoms with Crippen LogP contribution >= 0.6 is 0 Å². The van der Waals surface area contributed by atoms with Crippen LogP contribution in [0.15, 0.2) is 60.7 Å². The lowest BCUT2D eigenvalue weighted by molar-refractivity contribution is 0.0923. The van der Waals surface area contributed by atoms with Crippen molar-refractivity contribution in [1.29, 1.82) is 0 Å². The summed E-state index contributed by atoms with van der Waals surface area (Å²) in [7, 11) is 0. The van der Waals surface area contributed by atoms with Crippen LogP contribution < -0.4 is 10.2 Å². The zero-order chi connectivity index (χ0) is 20.7. The molecule has 0 aromatic heterocycles. The lowest BCUT2D eigenvalue weighted by atomic mass is 10.1. The van der Waals surface area contributed by atoms with Crippen molar-refractivity contribution in [1.82, 2.24) is 0 Å². The molecular weight excluding hydrogens is 368 g/mol. The summed E-state index contributed by atoms with van der Waals surface area (Å²) in [6.45, 7) is 3.62. The molecule has 6 heteroatoms. The minimum absolute atomic E-state index is 0.0448. The number of anilines is 2. The van der Waals surface area contributed by atoms with Crippen molar-refractivity contribution >= 4 is 29.1 Å². The van der Waals surface area contributed by atoms with Gasteiger partial charge in [-0.15, -0.1) is 0 Å². The van der Waals surface area contributed by atoms with Gasteiger partial charge >= 0.3 is 0 Å². The van der Waals surface area contributed by atoms with E-state index in [2.05, 4.69) is 5.32 Å². The molecule has 1 aliphatic heterocycles. The summed E-state index contributed by atoms with van der Waals surface area (Å²) in [5.74, 6) is -1.33. The zero-order valence-corrected chi connectivity index (χ0v) is 15.9. The van der Waals surface area contributed by atoms with Crippen molar-refractivity contribution in [3.05, 3.63) is 88.5 Å². The Balaban J connectivity index is 1.69. The number of aryl methyl sites for hydroxylation is 2. The first-order valence-corrected chi connectivity index (χ1v) is 9.06. The Kier molecular flexibility index (Phi) is 4.39. The largest absolute Gasteiger partial charge is 0.506 e. The lowest BCUT2D eigenvalue weighted by Crippen LogP contribution is -2.30. The normalized spacial score (nSPS) is 12.8. The maximum Gasteiger partial charge on any atom is 0.266 e. The Morgan fingerprint density at radius 3 is 2.21 bits per heavy atom. The fraction of sp³-hybridized carbons (Fsp3) is 0.0870. The van der Waals surface area contributed by atoms with Crippen LogP contribution in [0.1, 0.15) is 42.2 Å². The monoisotopic (exact) mass is 386 g/mol. The van der Waals surface area contributed by atoms with E-state index in [0.717, 1.165) is 10.5 Å². The Morgan fingerprint density at radius 1 is 0.897 bits per heavy atom. The zero-order valence-electron chi connectivity index (χ0n) is 15.9. The number of rotatable bonds is 3. The maximum absolute atomic E-state index is 12.8. The molecule has 0 bridgehead atoms. The van der Waals surface area contributed by atoms with Gasteiger partial charge in [-0.25, -0.2) is 4.90 Å². The van der Waals surface area contributed by atoms with Crippen LogP contribution in [0, 0.1) is 13.8 Å². The van der Waals surface area contributed by atoms with Gasteiger partial charge in [0.2, 0.25) is 0 Å². The number of carbonyl (C=O) groups excluding carboxylic acids is 3. The summed E-state index contributed by atoms with van der Waals surface area (Å²) < 4.78 is 0. The van der Waals surface area contributed by atoms with E-state index in [1.807, 2.05) is 6.92 Å². The number of fused-ring (bicyclic) bond motifs is 1. The number of hydrogen-bond donors (Lipinski definition) is 2. The average Bonchev–Trinajstić information content (AvgIpc) is 2.96. The number of nitrogens with one attached hydrogen (secondary N) is 1. The molecule has 0 aliphatic carbocycles. The van der Waals surface area contributed by atoms with E-state index in [1.165, 1.54) is 12.1 Å². The highest BCUT2D eigenvalue weighted by atomic mass is 16.3. The third-order valence-corrected chi connectivity index (χ3v) is 4.91. The van der Waals surface area contributed by atoms with Crippen LogP contribution in [-0.4, -0.2) is 22.8 Å². The van der Waals surface area contributed by atoms with Crippen LogP contribution in [-0.2, 0) is 0 Å². The Bertz CT molecular complexity index is 1150. The highest BCUT2D eigenvalue weighted by molar-refractivity contribution is 6.34. The van der Waals surface area contributed by atoms with Gasteiger partial charge in [-0.05, 0) is 61.4 Å². The van der Waals surface area contributed by atoms with Gasteiger partial charge in [-0.2, -0.15) is 0 Å². The Hall–Kier alpha value is -3.93. The first kappa shape index (κ1) is 18.4. The molecule has 3 aromatic rings. The molecule has 0 spiro atoms. The Labute approximate surface area is 167 Å². The van der Waals surface area contributed by atoms with Crippen molar-refractivity contribution in [2.45, 2.75) is 13.8 Å². The predicted octanol–water partition coefficient (Wildman–Crippen LogP) is 4.06. The molecule has 1 aliphatic rings. The molecule has 29 heavy (non-hydrogen) atoms. The van der Waals surface area contributed by atoms with Crippen molar-refractivity contribution in [2.75, 3.05) is 10.2 Å². The summed E-state index contributed by atoms with van der Waals surface area (Å²) in [5, 5.41) is 12.6. The fourth-order valence-corrected chi connectivity index (χ4v) is 3.34. The van der Waals surface area contributed by atoms with Crippen LogP contribution in [0.25, 0.3) is 0 Å². The van der Waals surface area contributed by atoms with E-state index in [4.69, 9.17) is 0 Å². The van der Waals surface area contributed by atoms with E-state index in [-0.39, 0.29) is 17.0 Å². The van der Waals surface area contributed by atoms with E-state index >= 15 is 0 Å². The SMILES string of the molecule is Cc1ccc(O)c(NC(=O)c2ccc(C)c(N3C(=O)c4ccccc4C3=O)c2)c1. The maximum atomic E-state index is 12.8. The summed E-state index contributed by atoms with van der Waals surface area (Å²) >= 11 is 0. The van der Waals surface area contributed by atoms with Crippen LogP contribution in [0.2, 0.25) is 0 Å². The average molecular weight is 386 g/mol. The number of amides is 3. The highest BCUT2D eigenvalue weighted by Crippen LogP contribution is 2.32. The second kappa shape index (κ2) is 6.91. The van der Waals surface area contributed by atoms with Gasteiger partial charge < -0.3 is 10.4 Å². The third-order valence-electron chi connectivity index (χ3n) is 4.91. The predicted molar refractivity (Wildman–Crippen MR) is 110 cm³/mol. The number of imide groups is 1. The van der Waals surface area contributed by atoms with Gasteiger partial charge in [-0.3, -0.25) is 14.4 Å². The molecule has 0 atom stereocenters. The number of benzene rings is 3. The standard InChI is InChI=1S/C23H18N2O4/c1-13-7-10-20(26)18(11-13)24-21(27)15-9-8-14(2)19(12-15)25-22(28)16-5-3-4-6-17(16)23(25)29/h3-12,26H,1-2H3,(H,24,27). The van der Waals surface area contributed by atoms with Gasteiger partial charge in [-0.1, -0.05) is 24.3 Å². The smallest absolute Gasteiger partial charge is 0.266 e. The molecule has 0 unspecified atom stereocenters. The van der Waals surface area contributed by atoms with E-state index in [0.29, 0.717) is 22.4 Å². The minimum Gasteiger partial charge on any atom is -0.506 e. The molecular formula is C23H18N2O4. The van der Waals surface area contributed by atoms with Crippen molar-refractivity contribution < 1.29 is 19.5 Å². The topological polar surface area (TPSA) is 86.7 Å². The van der Waals surface area contributed by atoms with E-state index < -0.39 is 17.7 Å². The number of aromatic hydroxyl groups is 1. The first-order valence-electron chi connectivity index (χ1n) is 9.06. The molecule has 2 N–H and O–H groups in total.